The fraction of sp³-hybridized carbons (Fsp3) is 0.240. The van der Waals surface area contributed by atoms with E-state index < -0.39 is 0 Å². The largest absolute Gasteiger partial charge is 0.352 e. The number of nitrogens with zero attached hydrogens (tertiary/aromatic N) is 4. The summed E-state index contributed by atoms with van der Waals surface area (Å²) in [5.74, 6) is 0.952. The highest BCUT2D eigenvalue weighted by atomic mass is 16.2. The van der Waals surface area contributed by atoms with Gasteiger partial charge in [0, 0.05) is 42.5 Å². The van der Waals surface area contributed by atoms with E-state index in [0.29, 0.717) is 30.0 Å². The van der Waals surface area contributed by atoms with E-state index in [1.165, 1.54) is 5.56 Å². The van der Waals surface area contributed by atoms with Gasteiger partial charge in [-0.25, -0.2) is 14.8 Å². The number of urea groups is 1. The molecule has 4 N–H and O–H groups in total. The fourth-order valence-electron chi connectivity index (χ4n) is 4.94. The predicted octanol–water partition coefficient (Wildman–Crippen LogP) is 3.09. The molecule has 0 bridgehead atoms. The standard InChI is InChI=1S/C25H24N8O2/c34-24-19-11-17(6-5-15(19)7-9-26-24)31-25(35)27-10-8-16-13-33(21-4-2-1-3-18(16)21)23-20-12-30-32-22(20)28-14-29-23/h1-6,11-12,14,16H,7-10,13H2,(H,26,34)(H2,27,31,35)(H,28,29,30,32). The highest BCUT2D eigenvalue weighted by Gasteiger charge is 2.31. The number of anilines is 3. The number of rotatable bonds is 5. The Balaban J connectivity index is 1.11. The third kappa shape index (κ3) is 3.92. The second-order valence-corrected chi connectivity index (χ2v) is 8.74. The summed E-state index contributed by atoms with van der Waals surface area (Å²) in [6.45, 7) is 1.90. The summed E-state index contributed by atoms with van der Waals surface area (Å²) >= 11 is 0. The normalized spacial score (nSPS) is 16.5. The Morgan fingerprint density at radius 1 is 1.17 bits per heavy atom. The molecule has 2 aliphatic rings. The molecule has 10 nitrogen and oxygen atoms in total. The van der Waals surface area contributed by atoms with Gasteiger partial charge in [-0.2, -0.15) is 5.10 Å². The zero-order valence-electron chi connectivity index (χ0n) is 18.9. The molecule has 35 heavy (non-hydrogen) atoms. The van der Waals surface area contributed by atoms with Crippen LogP contribution in [0.25, 0.3) is 11.0 Å². The van der Waals surface area contributed by atoms with Crippen LogP contribution in [0.2, 0.25) is 0 Å². The Morgan fingerprint density at radius 2 is 2.09 bits per heavy atom. The van der Waals surface area contributed by atoms with Crippen molar-refractivity contribution in [2.75, 3.05) is 29.9 Å². The minimum atomic E-state index is -0.291. The zero-order valence-corrected chi connectivity index (χ0v) is 18.9. The summed E-state index contributed by atoms with van der Waals surface area (Å²) in [6, 6.07) is 13.5. The molecular weight excluding hydrogens is 444 g/mol. The lowest BCUT2D eigenvalue weighted by Gasteiger charge is -2.19. The number of aromatic amines is 1. The predicted molar refractivity (Wildman–Crippen MR) is 132 cm³/mol. The van der Waals surface area contributed by atoms with Crippen molar-refractivity contribution in [2.45, 2.75) is 18.8 Å². The molecule has 2 aliphatic heterocycles. The van der Waals surface area contributed by atoms with Gasteiger partial charge in [0.2, 0.25) is 0 Å². The lowest BCUT2D eigenvalue weighted by atomic mass is 9.98. The van der Waals surface area contributed by atoms with Crippen molar-refractivity contribution >= 4 is 40.2 Å². The van der Waals surface area contributed by atoms with Gasteiger partial charge in [-0.05, 0) is 42.2 Å². The van der Waals surface area contributed by atoms with Crippen molar-refractivity contribution in [3.63, 3.8) is 0 Å². The molecule has 0 radical (unpaired) electrons. The van der Waals surface area contributed by atoms with E-state index in [1.54, 1.807) is 18.6 Å². The van der Waals surface area contributed by atoms with Crippen LogP contribution in [0.15, 0.2) is 55.0 Å². The maximum absolute atomic E-state index is 12.5. The summed E-state index contributed by atoms with van der Waals surface area (Å²) in [4.78, 5) is 35.6. The molecular formula is C25H24N8O2. The highest BCUT2D eigenvalue weighted by molar-refractivity contribution is 5.99. The maximum Gasteiger partial charge on any atom is 0.319 e. The number of H-pyrrole nitrogens is 1. The van der Waals surface area contributed by atoms with Gasteiger partial charge in [-0.3, -0.25) is 9.89 Å². The molecule has 2 aromatic heterocycles. The van der Waals surface area contributed by atoms with Crippen molar-refractivity contribution in [3.05, 3.63) is 71.7 Å². The van der Waals surface area contributed by atoms with Crippen LogP contribution < -0.4 is 20.9 Å². The molecule has 1 unspecified atom stereocenters. The van der Waals surface area contributed by atoms with Gasteiger partial charge < -0.3 is 20.9 Å². The number of para-hydroxylation sites is 1. The van der Waals surface area contributed by atoms with E-state index in [0.717, 1.165) is 41.8 Å². The first-order chi connectivity index (χ1) is 17.2. The van der Waals surface area contributed by atoms with Gasteiger partial charge in [-0.15, -0.1) is 0 Å². The molecule has 4 aromatic rings. The van der Waals surface area contributed by atoms with Gasteiger partial charge in [0.05, 0.1) is 11.6 Å². The number of fused-ring (bicyclic) bond motifs is 3. The monoisotopic (exact) mass is 468 g/mol. The Bertz CT molecular complexity index is 1430. The van der Waals surface area contributed by atoms with E-state index in [4.69, 9.17) is 0 Å². The van der Waals surface area contributed by atoms with Crippen LogP contribution in [0, 0.1) is 0 Å². The van der Waals surface area contributed by atoms with Gasteiger partial charge in [0.25, 0.3) is 5.91 Å². The van der Waals surface area contributed by atoms with E-state index in [9.17, 15) is 9.59 Å². The quantitative estimate of drug-likeness (QED) is 0.356. The molecule has 0 saturated carbocycles. The third-order valence-electron chi connectivity index (χ3n) is 6.62. The van der Waals surface area contributed by atoms with E-state index in [-0.39, 0.29) is 17.9 Å². The first kappa shape index (κ1) is 21.1. The molecule has 176 valence electrons. The molecule has 1 atom stereocenters. The van der Waals surface area contributed by atoms with Crippen LogP contribution in [0.5, 0.6) is 0 Å². The van der Waals surface area contributed by atoms with Gasteiger partial charge in [0.15, 0.2) is 5.65 Å². The summed E-state index contributed by atoms with van der Waals surface area (Å²) < 4.78 is 0. The smallest absolute Gasteiger partial charge is 0.319 e. The summed E-state index contributed by atoms with van der Waals surface area (Å²) in [6.07, 6.45) is 4.86. The molecule has 10 heteroatoms. The zero-order chi connectivity index (χ0) is 23.8. The first-order valence-corrected chi connectivity index (χ1v) is 11.6. The lowest BCUT2D eigenvalue weighted by molar-refractivity contribution is 0.0946. The molecule has 0 saturated heterocycles. The minimum Gasteiger partial charge on any atom is -0.352 e. The van der Waals surface area contributed by atoms with E-state index in [1.807, 2.05) is 24.3 Å². The summed E-state index contributed by atoms with van der Waals surface area (Å²) in [5.41, 5.74) is 5.26. The number of carbonyl (C=O) groups is 2. The van der Waals surface area contributed by atoms with Crippen LogP contribution in [0.4, 0.5) is 22.0 Å². The molecule has 3 amide bonds. The molecule has 0 fully saturated rings. The van der Waals surface area contributed by atoms with Gasteiger partial charge in [-0.1, -0.05) is 24.3 Å². The molecule has 0 spiro atoms. The number of aromatic nitrogens is 4. The fourth-order valence-corrected chi connectivity index (χ4v) is 4.94. The Hall–Kier alpha value is -4.47. The van der Waals surface area contributed by atoms with Crippen molar-refractivity contribution in [2.24, 2.45) is 0 Å². The van der Waals surface area contributed by atoms with Crippen molar-refractivity contribution in [3.8, 4) is 0 Å². The number of hydrogen-bond acceptors (Lipinski definition) is 6. The van der Waals surface area contributed by atoms with Gasteiger partial charge >= 0.3 is 6.03 Å². The Kier molecular flexibility index (Phi) is 5.25. The van der Waals surface area contributed by atoms with Crippen molar-refractivity contribution < 1.29 is 9.59 Å². The number of benzene rings is 2. The number of hydrogen-bond donors (Lipinski definition) is 4. The third-order valence-corrected chi connectivity index (χ3v) is 6.62. The van der Waals surface area contributed by atoms with E-state index in [2.05, 4.69) is 53.1 Å². The van der Waals surface area contributed by atoms with Gasteiger partial charge in [0.1, 0.15) is 12.1 Å². The molecule has 4 heterocycles. The van der Waals surface area contributed by atoms with Crippen LogP contribution in [0.3, 0.4) is 0 Å². The lowest BCUT2D eigenvalue weighted by Crippen LogP contribution is -2.33. The average molecular weight is 469 g/mol. The first-order valence-electron chi connectivity index (χ1n) is 11.6. The van der Waals surface area contributed by atoms with Crippen LogP contribution >= 0.6 is 0 Å². The SMILES string of the molecule is O=C(NCCC1CN(c2ncnc3[nH]ncc23)c2ccccc21)Nc1ccc2c(c1)C(=O)NCC2. The Labute approximate surface area is 201 Å². The van der Waals surface area contributed by atoms with Crippen LogP contribution in [-0.4, -0.2) is 51.7 Å². The minimum absolute atomic E-state index is 0.101. The number of carbonyl (C=O) groups excluding carboxylic acids is 2. The maximum atomic E-state index is 12.5. The van der Waals surface area contributed by atoms with Crippen LogP contribution in [-0.2, 0) is 6.42 Å². The van der Waals surface area contributed by atoms with Crippen LogP contribution in [0.1, 0.15) is 33.8 Å². The second-order valence-electron chi connectivity index (χ2n) is 8.74. The van der Waals surface area contributed by atoms with E-state index >= 15 is 0 Å². The molecule has 0 aliphatic carbocycles. The highest BCUT2D eigenvalue weighted by Crippen LogP contribution is 2.42. The van der Waals surface area contributed by atoms with Crippen molar-refractivity contribution in [1.82, 2.24) is 30.8 Å². The van der Waals surface area contributed by atoms with Crippen molar-refractivity contribution in [1.29, 1.82) is 0 Å². The Morgan fingerprint density at radius 3 is 3.03 bits per heavy atom. The summed E-state index contributed by atoms with van der Waals surface area (Å²) in [5, 5.41) is 16.5. The second kappa shape index (κ2) is 8.71. The molecule has 2 aromatic carbocycles. The molecule has 6 rings (SSSR count). The average Bonchev–Trinajstić information content (AvgIpc) is 3.50. The summed E-state index contributed by atoms with van der Waals surface area (Å²) in [7, 11) is 0. The number of nitrogens with one attached hydrogen (secondary N) is 4. The number of amides is 3. The topological polar surface area (TPSA) is 128 Å².